The Labute approximate surface area is 248 Å². The number of aliphatic hydroxyl groups excluding tert-OH is 1. The van der Waals surface area contributed by atoms with Gasteiger partial charge in [0.15, 0.2) is 11.8 Å². The van der Waals surface area contributed by atoms with Gasteiger partial charge in [0, 0.05) is 29.2 Å². The molecule has 2 aromatic carbocycles. The van der Waals surface area contributed by atoms with Gasteiger partial charge in [-0.15, -0.1) is 0 Å². The van der Waals surface area contributed by atoms with E-state index in [1.54, 1.807) is 24.4 Å². The Kier molecular flexibility index (Phi) is 10.3. The number of nitrogens with zero attached hydrogens (tertiary/aromatic N) is 3. The van der Waals surface area contributed by atoms with Gasteiger partial charge in [0.05, 0.1) is 29.1 Å². The molecule has 12 heteroatoms. The molecule has 0 spiro atoms. The highest BCUT2D eigenvalue weighted by Crippen LogP contribution is 2.31. The van der Waals surface area contributed by atoms with Crippen LogP contribution < -0.4 is 28.2 Å². The largest absolute Gasteiger partial charge is 0.394 e. The van der Waals surface area contributed by atoms with E-state index < -0.39 is 11.5 Å². The molecule has 0 aliphatic rings. The summed E-state index contributed by atoms with van der Waals surface area (Å²) >= 11 is 6.23. The third-order valence-corrected chi connectivity index (χ3v) is 7.43. The van der Waals surface area contributed by atoms with Gasteiger partial charge >= 0.3 is 5.69 Å². The maximum Gasteiger partial charge on any atom is 0.354 e. The van der Waals surface area contributed by atoms with Crippen LogP contribution in [-0.4, -0.2) is 50.8 Å². The molecule has 0 aliphatic heterocycles. The smallest absolute Gasteiger partial charge is 0.354 e. The van der Waals surface area contributed by atoms with E-state index in [1.165, 1.54) is 4.57 Å². The Hall–Kier alpha value is -3.77. The maximum atomic E-state index is 15.1. The van der Waals surface area contributed by atoms with E-state index in [-0.39, 0.29) is 35.7 Å². The molecular formula is C30H38ClFN8O2. The molecule has 2 heterocycles. The van der Waals surface area contributed by atoms with E-state index >= 15 is 4.39 Å². The lowest BCUT2D eigenvalue weighted by Crippen LogP contribution is -2.29. The van der Waals surface area contributed by atoms with Gasteiger partial charge in [-0.25, -0.2) is 14.2 Å². The average Bonchev–Trinajstić information content (AvgIpc) is 3.36. The molecule has 0 amide bonds. The molecule has 10 nitrogen and oxygen atoms in total. The summed E-state index contributed by atoms with van der Waals surface area (Å²) in [7, 11) is 0. The van der Waals surface area contributed by atoms with Crippen LogP contribution >= 0.6 is 11.6 Å². The van der Waals surface area contributed by atoms with E-state index in [0.29, 0.717) is 40.9 Å². The molecule has 4 aromatic rings. The van der Waals surface area contributed by atoms with Crippen molar-refractivity contribution in [3.63, 3.8) is 0 Å². The van der Waals surface area contributed by atoms with E-state index in [4.69, 9.17) is 28.8 Å². The molecule has 2 aromatic heterocycles. The summed E-state index contributed by atoms with van der Waals surface area (Å²) in [6, 6.07) is 12.5. The van der Waals surface area contributed by atoms with E-state index in [1.807, 2.05) is 38.1 Å². The van der Waals surface area contributed by atoms with E-state index in [9.17, 15) is 9.90 Å². The number of hydrogen-bond donors (Lipinski definition) is 6. The van der Waals surface area contributed by atoms with Crippen molar-refractivity contribution in [1.29, 1.82) is 0 Å². The van der Waals surface area contributed by atoms with Crippen molar-refractivity contribution in [2.24, 2.45) is 22.2 Å². The number of fused-ring (bicyclic) bond motifs is 1. The zero-order valence-electron chi connectivity index (χ0n) is 23.8. The molecule has 0 aliphatic carbocycles. The summed E-state index contributed by atoms with van der Waals surface area (Å²) in [6.45, 7) is 4.44. The first-order chi connectivity index (χ1) is 20.0. The SMILES string of the molecule is C[C@H](N)CCCc1cc(Cl)c(F)c(-c2cc3cn(-c4ccc([C@H](C)NCC[C@H](CO)N=C(N)N)cc4)c(=O)nc3[nH]2)c1. The summed E-state index contributed by atoms with van der Waals surface area (Å²) in [6.07, 6.45) is 4.71. The van der Waals surface area contributed by atoms with Gasteiger partial charge in [-0.3, -0.25) is 4.57 Å². The fourth-order valence-electron chi connectivity index (χ4n) is 4.85. The predicted molar refractivity (Wildman–Crippen MR) is 166 cm³/mol. The fourth-order valence-corrected chi connectivity index (χ4v) is 5.10. The minimum absolute atomic E-state index is 0.0124. The standard InChI is InChI=1S/C30H38ClFN8O2/c1-17(33)4-3-5-19-12-24(27(32)25(31)13-19)26-14-21-15-40(30(42)39-28(21)38-26)23-8-6-20(7-9-23)18(2)36-11-10-22(16-41)37-29(34)35/h6-9,12-15,17-18,22,36,41H,3-5,10-11,16,33H2,1-2H3,(H4,34,35,37)(H,38,39,42)/t17-,18-,22+/m0/s1. The molecule has 4 rings (SSSR count). The number of hydrogen-bond acceptors (Lipinski definition) is 6. The highest BCUT2D eigenvalue weighted by atomic mass is 35.5. The van der Waals surface area contributed by atoms with E-state index in [0.717, 1.165) is 30.4 Å². The summed E-state index contributed by atoms with van der Waals surface area (Å²) < 4.78 is 16.5. The Morgan fingerprint density at radius 1 is 1.19 bits per heavy atom. The molecule has 0 fully saturated rings. The first-order valence-corrected chi connectivity index (χ1v) is 14.3. The number of aryl methyl sites for hydroxylation is 1. The quantitative estimate of drug-likeness (QED) is 0.101. The Morgan fingerprint density at radius 2 is 1.93 bits per heavy atom. The molecule has 3 atom stereocenters. The second kappa shape index (κ2) is 13.9. The van der Waals surface area contributed by atoms with Crippen LogP contribution in [0.15, 0.2) is 58.4 Å². The number of aliphatic hydroxyl groups is 1. The van der Waals surface area contributed by atoms with Gasteiger partial charge in [0.25, 0.3) is 0 Å². The van der Waals surface area contributed by atoms with Crippen LogP contribution in [0.5, 0.6) is 0 Å². The zero-order chi connectivity index (χ0) is 30.4. The van der Waals surface area contributed by atoms with Crippen LogP contribution in [0.3, 0.4) is 0 Å². The van der Waals surface area contributed by atoms with Gasteiger partial charge in [0.1, 0.15) is 5.65 Å². The highest BCUT2D eigenvalue weighted by molar-refractivity contribution is 6.31. The van der Waals surface area contributed by atoms with Crippen molar-refractivity contribution >= 4 is 28.6 Å². The average molecular weight is 597 g/mol. The number of aliphatic imine (C=N–C) groups is 1. The van der Waals surface area contributed by atoms with Gasteiger partial charge in [0.2, 0.25) is 0 Å². The molecule has 224 valence electrons. The lowest BCUT2D eigenvalue weighted by Gasteiger charge is -2.17. The topological polar surface area (TPSA) is 173 Å². The minimum Gasteiger partial charge on any atom is -0.394 e. The third kappa shape index (κ3) is 7.74. The highest BCUT2D eigenvalue weighted by Gasteiger charge is 2.16. The van der Waals surface area contributed by atoms with Gasteiger partial charge < -0.3 is 32.6 Å². The van der Waals surface area contributed by atoms with Crippen LogP contribution in [0.25, 0.3) is 28.0 Å². The van der Waals surface area contributed by atoms with Crippen molar-refractivity contribution in [2.75, 3.05) is 13.2 Å². The van der Waals surface area contributed by atoms with Crippen molar-refractivity contribution < 1.29 is 9.50 Å². The first-order valence-electron chi connectivity index (χ1n) is 13.9. The Balaban J connectivity index is 1.52. The molecule has 0 radical (unpaired) electrons. The number of halogens is 2. The number of aromatic nitrogens is 3. The summed E-state index contributed by atoms with van der Waals surface area (Å²) in [5.74, 6) is -0.582. The number of benzene rings is 2. The number of guanidine groups is 1. The minimum atomic E-state index is -0.532. The zero-order valence-corrected chi connectivity index (χ0v) is 24.5. The number of nitrogens with one attached hydrogen (secondary N) is 2. The molecular weight excluding hydrogens is 559 g/mol. The monoisotopic (exact) mass is 596 g/mol. The Bertz CT molecular complexity index is 1600. The molecule has 0 saturated carbocycles. The van der Waals surface area contributed by atoms with Crippen LogP contribution in [0.1, 0.15) is 50.3 Å². The lowest BCUT2D eigenvalue weighted by molar-refractivity contribution is 0.259. The van der Waals surface area contributed by atoms with Gasteiger partial charge in [-0.2, -0.15) is 4.98 Å². The number of rotatable bonds is 13. The summed E-state index contributed by atoms with van der Waals surface area (Å²) in [5.41, 5.74) is 19.9. The van der Waals surface area contributed by atoms with Crippen molar-refractivity contribution in [3.05, 3.63) is 81.1 Å². The van der Waals surface area contributed by atoms with Crippen molar-refractivity contribution in [2.45, 2.75) is 57.7 Å². The molecule has 42 heavy (non-hydrogen) atoms. The van der Waals surface area contributed by atoms with Crippen molar-refractivity contribution in [3.8, 4) is 16.9 Å². The van der Waals surface area contributed by atoms with Crippen molar-refractivity contribution in [1.82, 2.24) is 19.9 Å². The van der Waals surface area contributed by atoms with Gasteiger partial charge in [-0.05, 0) is 87.5 Å². The maximum absolute atomic E-state index is 15.1. The summed E-state index contributed by atoms with van der Waals surface area (Å²) in [5, 5.41) is 13.5. The molecule has 9 N–H and O–H groups in total. The summed E-state index contributed by atoms with van der Waals surface area (Å²) in [4.78, 5) is 24.2. The second-order valence-electron chi connectivity index (χ2n) is 10.6. The van der Waals surface area contributed by atoms with Crippen LogP contribution in [0, 0.1) is 5.82 Å². The van der Waals surface area contributed by atoms with E-state index in [2.05, 4.69) is 20.3 Å². The fraction of sp³-hybridized carbons (Fsp3) is 0.367. The van der Waals surface area contributed by atoms with Crippen LogP contribution in [0.2, 0.25) is 5.02 Å². The molecule has 0 unspecified atom stereocenters. The van der Waals surface area contributed by atoms with Crippen LogP contribution in [0.4, 0.5) is 4.39 Å². The second-order valence-corrected chi connectivity index (χ2v) is 11.0. The normalized spacial score (nSPS) is 13.7. The number of H-pyrrole nitrogens is 1. The predicted octanol–water partition coefficient (Wildman–Crippen LogP) is 3.52. The molecule has 0 saturated heterocycles. The van der Waals surface area contributed by atoms with Crippen LogP contribution in [-0.2, 0) is 6.42 Å². The first kappa shape index (κ1) is 31.2. The lowest BCUT2D eigenvalue weighted by atomic mass is 10.0. The third-order valence-electron chi connectivity index (χ3n) is 7.15. The number of nitrogens with two attached hydrogens (primary N) is 3. The Morgan fingerprint density at radius 3 is 2.60 bits per heavy atom. The van der Waals surface area contributed by atoms with Gasteiger partial charge in [-0.1, -0.05) is 23.7 Å². The number of aromatic amines is 1. The molecule has 0 bridgehead atoms.